The van der Waals surface area contributed by atoms with Gasteiger partial charge in [-0.3, -0.25) is 4.79 Å². The Labute approximate surface area is 110 Å². The largest absolute Gasteiger partial charge is 0.337 e. The fraction of sp³-hybridized carbons (Fsp3) is 0.417. The molecule has 92 valence electrons. The van der Waals surface area contributed by atoms with Crippen LogP contribution in [0.15, 0.2) is 18.2 Å². The second-order valence-corrected chi connectivity index (χ2v) is 5.12. The molecule has 1 aliphatic rings. The fourth-order valence-corrected chi connectivity index (χ4v) is 2.40. The van der Waals surface area contributed by atoms with Crippen molar-refractivity contribution in [2.45, 2.75) is 18.9 Å². The van der Waals surface area contributed by atoms with E-state index in [-0.39, 0.29) is 11.9 Å². The van der Waals surface area contributed by atoms with Crippen molar-refractivity contribution < 1.29 is 4.79 Å². The van der Waals surface area contributed by atoms with E-state index in [0.717, 1.165) is 19.4 Å². The number of hydrogen-bond donors (Lipinski definition) is 1. The zero-order valence-electron chi connectivity index (χ0n) is 9.33. The minimum absolute atomic E-state index is 0.0608. The molecule has 2 rings (SSSR count). The molecule has 2 N–H and O–H groups in total. The van der Waals surface area contributed by atoms with E-state index in [1.54, 1.807) is 23.1 Å². The summed E-state index contributed by atoms with van der Waals surface area (Å²) in [6.07, 6.45) is 1.90. The number of hydrogen-bond acceptors (Lipinski definition) is 2. The Balaban J connectivity index is 2.21. The van der Waals surface area contributed by atoms with Crippen LogP contribution in [-0.4, -0.2) is 29.9 Å². The van der Waals surface area contributed by atoms with Crippen LogP contribution in [0.25, 0.3) is 0 Å². The van der Waals surface area contributed by atoms with Crippen LogP contribution in [0.2, 0.25) is 10.0 Å². The average Bonchev–Trinajstić information content (AvgIpc) is 2.31. The molecule has 0 bridgehead atoms. The van der Waals surface area contributed by atoms with Gasteiger partial charge in [-0.15, -0.1) is 0 Å². The number of rotatable bonds is 1. The number of nitrogens with zero attached hydrogens (tertiary/aromatic N) is 1. The third kappa shape index (κ3) is 2.92. The molecule has 1 amide bonds. The Morgan fingerprint density at radius 2 is 2.18 bits per heavy atom. The molecule has 1 saturated heterocycles. The molecule has 1 atom stereocenters. The summed E-state index contributed by atoms with van der Waals surface area (Å²) in [5.41, 5.74) is 6.31. The normalized spacial score (nSPS) is 20.4. The molecule has 0 radical (unpaired) electrons. The van der Waals surface area contributed by atoms with E-state index in [0.29, 0.717) is 22.2 Å². The van der Waals surface area contributed by atoms with Crippen molar-refractivity contribution >= 4 is 29.1 Å². The van der Waals surface area contributed by atoms with Crippen LogP contribution in [0.5, 0.6) is 0 Å². The van der Waals surface area contributed by atoms with Crippen LogP contribution >= 0.6 is 23.2 Å². The van der Waals surface area contributed by atoms with Crippen LogP contribution in [0, 0.1) is 0 Å². The minimum Gasteiger partial charge on any atom is -0.337 e. The highest BCUT2D eigenvalue weighted by atomic mass is 35.5. The van der Waals surface area contributed by atoms with Gasteiger partial charge in [0.25, 0.3) is 5.91 Å². The van der Waals surface area contributed by atoms with Crippen LogP contribution in [0.3, 0.4) is 0 Å². The Kier molecular flexibility index (Phi) is 3.92. The smallest absolute Gasteiger partial charge is 0.255 e. The fourth-order valence-electron chi connectivity index (χ4n) is 2.03. The van der Waals surface area contributed by atoms with Gasteiger partial charge in [0.1, 0.15) is 0 Å². The Morgan fingerprint density at radius 3 is 2.88 bits per heavy atom. The average molecular weight is 273 g/mol. The summed E-state index contributed by atoms with van der Waals surface area (Å²) >= 11 is 11.9. The maximum Gasteiger partial charge on any atom is 0.255 e. The lowest BCUT2D eigenvalue weighted by atomic mass is 10.1. The quantitative estimate of drug-likeness (QED) is 0.854. The van der Waals surface area contributed by atoms with Gasteiger partial charge in [0.05, 0.1) is 10.6 Å². The van der Waals surface area contributed by atoms with Gasteiger partial charge < -0.3 is 10.6 Å². The molecule has 0 aliphatic carbocycles. The number of likely N-dealkylation sites (tertiary alicyclic amines) is 1. The first-order chi connectivity index (χ1) is 8.08. The minimum atomic E-state index is -0.0901. The number of carbonyl (C=O) groups is 1. The summed E-state index contributed by atoms with van der Waals surface area (Å²) < 4.78 is 0. The van der Waals surface area contributed by atoms with E-state index < -0.39 is 0 Å². The molecular formula is C12H14Cl2N2O. The van der Waals surface area contributed by atoms with Crippen molar-refractivity contribution in [3.05, 3.63) is 33.8 Å². The van der Waals surface area contributed by atoms with E-state index in [9.17, 15) is 4.79 Å². The molecule has 0 unspecified atom stereocenters. The first-order valence-electron chi connectivity index (χ1n) is 5.58. The summed E-state index contributed by atoms with van der Waals surface area (Å²) in [6, 6.07) is 4.97. The number of benzene rings is 1. The molecule has 1 fully saturated rings. The predicted octanol–water partition coefficient (Wildman–Crippen LogP) is 2.56. The molecule has 0 saturated carbocycles. The van der Waals surface area contributed by atoms with Crippen molar-refractivity contribution in [2.75, 3.05) is 13.1 Å². The van der Waals surface area contributed by atoms with Crippen LogP contribution in [0.4, 0.5) is 0 Å². The SMILES string of the molecule is N[C@@H]1CCCN(C(=O)c2cc(Cl)ccc2Cl)C1. The summed E-state index contributed by atoms with van der Waals surface area (Å²) in [6.45, 7) is 1.32. The van der Waals surface area contributed by atoms with Crippen molar-refractivity contribution in [1.29, 1.82) is 0 Å². The van der Waals surface area contributed by atoms with Gasteiger partial charge in [-0.1, -0.05) is 23.2 Å². The van der Waals surface area contributed by atoms with E-state index in [1.807, 2.05) is 0 Å². The van der Waals surface area contributed by atoms with Crippen LogP contribution < -0.4 is 5.73 Å². The summed E-state index contributed by atoms with van der Waals surface area (Å²) in [5.74, 6) is -0.0901. The number of carbonyl (C=O) groups excluding carboxylic acids is 1. The monoisotopic (exact) mass is 272 g/mol. The molecule has 5 heteroatoms. The topological polar surface area (TPSA) is 46.3 Å². The van der Waals surface area contributed by atoms with Gasteiger partial charge in [-0.25, -0.2) is 0 Å². The Hall–Kier alpha value is -0.770. The highest BCUT2D eigenvalue weighted by Crippen LogP contribution is 2.23. The lowest BCUT2D eigenvalue weighted by molar-refractivity contribution is 0.0709. The predicted molar refractivity (Wildman–Crippen MR) is 69.6 cm³/mol. The second-order valence-electron chi connectivity index (χ2n) is 4.28. The van der Waals surface area contributed by atoms with E-state index in [1.165, 1.54) is 0 Å². The van der Waals surface area contributed by atoms with Crippen LogP contribution in [0.1, 0.15) is 23.2 Å². The van der Waals surface area contributed by atoms with E-state index in [2.05, 4.69) is 0 Å². The van der Waals surface area contributed by atoms with Crippen molar-refractivity contribution in [3.63, 3.8) is 0 Å². The Morgan fingerprint density at radius 1 is 1.41 bits per heavy atom. The van der Waals surface area contributed by atoms with Gasteiger partial charge in [-0.2, -0.15) is 0 Å². The third-order valence-electron chi connectivity index (χ3n) is 2.90. The highest BCUT2D eigenvalue weighted by molar-refractivity contribution is 6.35. The van der Waals surface area contributed by atoms with Crippen molar-refractivity contribution in [1.82, 2.24) is 4.90 Å². The molecule has 1 aliphatic heterocycles. The molecule has 1 aromatic carbocycles. The first kappa shape index (κ1) is 12.7. The molecular weight excluding hydrogens is 259 g/mol. The van der Waals surface area contributed by atoms with Crippen molar-refractivity contribution in [3.8, 4) is 0 Å². The second kappa shape index (κ2) is 5.25. The lowest BCUT2D eigenvalue weighted by Gasteiger charge is -2.31. The van der Waals surface area contributed by atoms with Crippen molar-refractivity contribution in [2.24, 2.45) is 5.73 Å². The number of piperidine rings is 1. The molecule has 1 heterocycles. The van der Waals surface area contributed by atoms with E-state index >= 15 is 0 Å². The number of amides is 1. The van der Waals surface area contributed by atoms with Gasteiger partial charge >= 0.3 is 0 Å². The van der Waals surface area contributed by atoms with Gasteiger partial charge in [0, 0.05) is 24.2 Å². The van der Waals surface area contributed by atoms with Crippen LogP contribution in [-0.2, 0) is 0 Å². The van der Waals surface area contributed by atoms with Gasteiger partial charge in [-0.05, 0) is 31.0 Å². The maximum absolute atomic E-state index is 12.2. The first-order valence-corrected chi connectivity index (χ1v) is 6.33. The third-order valence-corrected chi connectivity index (χ3v) is 3.47. The standard InChI is InChI=1S/C12H14Cl2N2O/c13-8-3-4-11(14)10(6-8)12(17)16-5-1-2-9(15)7-16/h3-4,6,9H,1-2,5,7,15H2/t9-/m1/s1. The number of nitrogens with two attached hydrogens (primary N) is 1. The lowest BCUT2D eigenvalue weighted by Crippen LogP contribution is -2.45. The maximum atomic E-state index is 12.2. The zero-order valence-corrected chi connectivity index (χ0v) is 10.8. The molecule has 1 aromatic rings. The molecule has 0 spiro atoms. The molecule has 17 heavy (non-hydrogen) atoms. The Bertz CT molecular complexity index is 437. The number of halogens is 2. The summed E-state index contributed by atoms with van der Waals surface area (Å²) in [7, 11) is 0. The zero-order chi connectivity index (χ0) is 12.4. The molecule has 3 nitrogen and oxygen atoms in total. The molecule has 0 aromatic heterocycles. The van der Waals surface area contributed by atoms with Gasteiger partial charge in [0.15, 0.2) is 0 Å². The van der Waals surface area contributed by atoms with Gasteiger partial charge in [0.2, 0.25) is 0 Å². The highest BCUT2D eigenvalue weighted by Gasteiger charge is 2.23. The summed E-state index contributed by atoms with van der Waals surface area (Å²) in [4.78, 5) is 14.0. The summed E-state index contributed by atoms with van der Waals surface area (Å²) in [5, 5.41) is 0.942. The van der Waals surface area contributed by atoms with E-state index in [4.69, 9.17) is 28.9 Å².